The van der Waals surface area contributed by atoms with Gasteiger partial charge in [-0.15, -0.1) is 0 Å². The van der Waals surface area contributed by atoms with Gasteiger partial charge in [0.05, 0.1) is 12.0 Å². The first kappa shape index (κ1) is 11.9. The molecule has 0 aliphatic heterocycles. The molecule has 0 aliphatic carbocycles. The fourth-order valence-corrected chi connectivity index (χ4v) is 1.02. The van der Waals surface area contributed by atoms with Crippen molar-refractivity contribution in [2.45, 2.75) is 0 Å². The molecule has 0 saturated heterocycles. The number of nitro benzene ring substituents is 1. The largest absolute Gasteiger partial charge is 0.289 e. The Labute approximate surface area is 91.6 Å². The van der Waals surface area contributed by atoms with Crippen LogP contribution in [0.2, 0.25) is 0 Å². The molecule has 0 aromatic heterocycles. The van der Waals surface area contributed by atoms with E-state index in [9.17, 15) is 14.9 Å². The van der Waals surface area contributed by atoms with Crippen LogP contribution in [-0.4, -0.2) is 17.8 Å². The van der Waals surface area contributed by atoms with Crippen molar-refractivity contribution in [3.63, 3.8) is 0 Å². The molecule has 0 spiro atoms. The third kappa shape index (κ3) is 3.18. The smallest absolute Gasteiger partial charge is 0.269 e. The summed E-state index contributed by atoms with van der Waals surface area (Å²) in [5, 5.41) is 10.4. The van der Waals surface area contributed by atoms with Gasteiger partial charge in [-0.25, -0.2) is 0 Å². The summed E-state index contributed by atoms with van der Waals surface area (Å²) in [7, 11) is 1.42. The van der Waals surface area contributed by atoms with E-state index in [0.29, 0.717) is 5.56 Å². The summed E-state index contributed by atoms with van der Waals surface area (Å²) in [5.41, 5.74) is 2.70. The minimum Gasteiger partial charge on any atom is -0.289 e. The van der Waals surface area contributed by atoms with E-state index in [-0.39, 0.29) is 11.5 Å². The van der Waals surface area contributed by atoms with Crippen LogP contribution >= 0.6 is 0 Å². The SMILES string of the molecule is CONC=CC(=O)c1ccc([N+](=O)[O-])cc1. The third-order valence-corrected chi connectivity index (χ3v) is 1.78. The number of nitro groups is 1. The molecule has 1 aromatic carbocycles. The molecule has 0 atom stereocenters. The molecule has 1 rings (SSSR count). The highest BCUT2D eigenvalue weighted by atomic mass is 16.6. The molecular formula is C10H10N2O4. The topological polar surface area (TPSA) is 81.5 Å². The number of hydroxylamine groups is 1. The van der Waals surface area contributed by atoms with Gasteiger partial charge in [-0.2, -0.15) is 0 Å². The molecule has 0 bridgehead atoms. The van der Waals surface area contributed by atoms with Gasteiger partial charge in [0.25, 0.3) is 5.69 Å². The number of nitrogens with zero attached hydrogens (tertiary/aromatic N) is 1. The number of hydrogen-bond donors (Lipinski definition) is 1. The van der Waals surface area contributed by atoms with E-state index in [1.54, 1.807) is 0 Å². The lowest BCUT2D eigenvalue weighted by atomic mass is 10.1. The van der Waals surface area contributed by atoms with Gasteiger partial charge in [-0.05, 0) is 12.1 Å². The van der Waals surface area contributed by atoms with Crippen LogP contribution in [0.1, 0.15) is 10.4 Å². The summed E-state index contributed by atoms with van der Waals surface area (Å²) in [6.45, 7) is 0. The van der Waals surface area contributed by atoms with Crippen LogP contribution in [0, 0.1) is 10.1 Å². The predicted octanol–water partition coefficient (Wildman–Crippen LogP) is 1.44. The van der Waals surface area contributed by atoms with Crippen molar-refractivity contribution < 1.29 is 14.6 Å². The van der Waals surface area contributed by atoms with Crippen molar-refractivity contribution >= 4 is 11.5 Å². The molecule has 84 valence electrons. The monoisotopic (exact) mass is 222 g/mol. The highest BCUT2D eigenvalue weighted by Crippen LogP contribution is 2.12. The number of ketones is 1. The Balaban J connectivity index is 2.74. The molecule has 0 unspecified atom stereocenters. The molecule has 0 aliphatic rings. The minimum absolute atomic E-state index is 0.0458. The second-order valence-electron chi connectivity index (χ2n) is 2.82. The van der Waals surface area contributed by atoms with Gasteiger partial charge in [0.15, 0.2) is 5.78 Å². The summed E-state index contributed by atoms with van der Waals surface area (Å²) in [6, 6.07) is 5.37. The summed E-state index contributed by atoms with van der Waals surface area (Å²) in [5.74, 6) is -0.264. The maximum Gasteiger partial charge on any atom is 0.269 e. The number of carbonyl (C=O) groups excluding carboxylic acids is 1. The molecule has 0 heterocycles. The third-order valence-electron chi connectivity index (χ3n) is 1.78. The van der Waals surface area contributed by atoms with Crippen molar-refractivity contribution in [3.8, 4) is 0 Å². The van der Waals surface area contributed by atoms with Gasteiger partial charge in [-0.1, -0.05) is 0 Å². The van der Waals surface area contributed by atoms with Crippen LogP contribution in [0.15, 0.2) is 36.5 Å². The normalized spacial score (nSPS) is 10.3. The number of hydrogen-bond acceptors (Lipinski definition) is 5. The summed E-state index contributed by atoms with van der Waals surface area (Å²) in [6.07, 6.45) is 2.61. The van der Waals surface area contributed by atoms with Crippen molar-refractivity contribution in [1.29, 1.82) is 0 Å². The van der Waals surface area contributed by atoms with Gasteiger partial charge in [-0.3, -0.25) is 25.2 Å². The predicted molar refractivity (Wildman–Crippen MR) is 56.7 cm³/mol. The first-order chi connectivity index (χ1) is 7.65. The second kappa shape index (κ2) is 5.62. The van der Waals surface area contributed by atoms with Crippen LogP contribution in [0.4, 0.5) is 5.69 Å². The average molecular weight is 222 g/mol. The van der Waals surface area contributed by atoms with E-state index < -0.39 is 4.92 Å². The highest BCUT2D eigenvalue weighted by molar-refractivity contribution is 6.04. The first-order valence-corrected chi connectivity index (χ1v) is 4.39. The average Bonchev–Trinajstić information content (AvgIpc) is 2.29. The number of carbonyl (C=O) groups is 1. The first-order valence-electron chi connectivity index (χ1n) is 4.39. The zero-order chi connectivity index (χ0) is 12.0. The van der Waals surface area contributed by atoms with Crippen molar-refractivity contribution in [2.75, 3.05) is 7.11 Å². The van der Waals surface area contributed by atoms with Crippen molar-refractivity contribution in [2.24, 2.45) is 0 Å². The van der Waals surface area contributed by atoms with Crippen molar-refractivity contribution in [3.05, 3.63) is 52.2 Å². The molecule has 0 fully saturated rings. The van der Waals surface area contributed by atoms with Gasteiger partial charge in [0.1, 0.15) is 0 Å². The van der Waals surface area contributed by atoms with E-state index in [4.69, 9.17) is 0 Å². The molecule has 0 amide bonds. The van der Waals surface area contributed by atoms with Crippen molar-refractivity contribution in [1.82, 2.24) is 5.48 Å². The van der Waals surface area contributed by atoms with E-state index in [0.717, 1.165) is 0 Å². The lowest BCUT2D eigenvalue weighted by Gasteiger charge is -1.96. The zero-order valence-corrected chi connectivity index (χ0v) is 8.54. The molecule has 0 saturated carbocycles. The fourth-order valence-electron chi connectivity index (χ4n) is 1.02. The van der Waals surface area contributed by atoms with E-state index in [2.05, 4.69) is 10.3 Å². The van der Waals surface area contributed by atoms with Gasteiger partial charge in [0.2, 0.25) is 0 Å². The van der Waals surface area contributed by atoms with Gasteiger partial charge in [0, 0.05) is 30.0 Å². The lowest BCUT2D eigenvalue weighted by molar-refractivity contribution is -0.384. The molecule has 16 heavy (non-hydrogen) atoms. The second-order valence-corrected chi connectivity index (χ2v) is 2.82. The van der Waals surface area contributed by atoms with Gasteiger partial charge >= 0.3 is 0 Å². The molecule has 6 heteroatoms. The lowest BCUT2D eigenvalue weighted by Crippen LogP contribution is -2.03. The Kier molecular flexibility index (Phi) is 4.16. The number of allylic oxidation sites excluding steroid dienone is 1. The van der Waals surface area contributed by atoms with E-state index in [1.807, 2.05) is 0 Å². The molecular weight excluding hydrogens is 212 g/mol. The maximum atomic E-state index is 11.4. The zero-order valence-electron chi connectivity index (χ0n) is 8.54. The molecule has 0 radical (unpaired) electrons. The van der Waals surface area contributed by atoms with E-state index in [1.165, 1.54) is 43.7 Å². The summed E-state index contributed by atoms with van der Waals surface area (Å²) >= 11 is 0. The van der Waals surface area contributed by atoms with E-state index >= 15 is 0 Å². The van der Waals surface area contributed by atoms with Crippen LogP contribution in [0.3, 0.4) is 0 Å². The maximum absolute atomic E-state index is 11.4. The Morgan fingerprint density at radius 1 is 1.44 bits per heavy atom. The van der Waals surface area contributed by atoms with Crippen LogP contribution in [-0.2, 0) is 4.84 Å². The molecule has 1 N–H and O–H groups in total. The number of benzene rings is 1. The summed E-state index contributed by atoms with van der Waals surface area (Å²) < 4.78 is 0. The fraction of sp³-hybridized carbons (Fsp3) is 0.100. The Hall–Kier alpha value is -2.21. The standard InChI is InChI=1S/C10H10N2O4/c1-16-11-7-6-10(13)8-2-4-9(5-3-8)12(14)15/h2-7,11H,1H3. The quantitative estimate of drug-likeness (QED) is 0.353. The Morgan fingerprint density at radius 3 is 2.56 bits per heavy atom. The van der Waals surface area contributed by atoms with Crippen LogP contribution in [0.5, 0.6) is 0 Å². The number of nitrogens with one attached hydrogen (secondary N) is 1. The molecule has 6 nitrogen and oxygen atoms in total. The summed E-state index contributed by atoms with van der Waals surface area (Å²) in [4.78, 5) is 25.8. The highest BCUT2D eigenvalue weighted by Gasteiger charge is 2.06. The number of rotatable bonds is 5. The molecule has 1 aromatic rings. The number of non-ortho nitro benzene ring substituents is 1. The minimum atomic E-state index is -0.517. The van der Waals surface area contributed by atoms with Crippen LogP contribution in [0.25, 0.3) is 0 Å². The Bertz CT molecular complexity index is 411. The van der Waals surface area contributed by atoms with Gasteiger partial charge < -0.3 is 0 Å². The Morgan fingerprint density at radius 2 is 2.06 bits per heavy atom. The van der Waals surface area contributed by atoms with Crippen LogP contribution < -0.4 is 5.48 Å².